The van der Waals surface area contributed by atoms with E-state index in [-0.39, 0.29) is 12.2 Å². The molecule has 0 aliphatic carbocycles. The average Bonchev–Trinajstić information content (AvgIpc) is 3.56. The Kier molecular flexibility index (Phi) is 8.46. The van der Waals surface area contributed by atoms with Crippen molar-refractivity contribution in [2.45, 2.75) is 32.7 Å². The monoisotopic (exact) mass is 591 g/mol. The fourth-order valence-electron chi connectivity index (χ4n) is 4.89. The molecule has 1 aliphatic rings. The molecule has 0 bridgehead atoms. The summed E-state index contributed by atoms with van der Waals surface area (Å²) in [6.07, 6.45) is 7.01. The summed E-state index contributed by atoms with van der Waals surface area (Å²) in [5.74, 6) is 0.581. The van der Waals surface area contributed by atoms with Gasteiger partial charge in [0.1, 0.15) is 17.5 Å². The van der Waals surface area contributed by atoms with Gasteiger partial charge in [-0.05, 0) is 73.5 Å². The van der Waals surface area contributed by atoms with Crippen LogP contribution in [0.4, 0.5) is 0 Å². The van der Waals surface area contributed by atoms with E-state index in [4.69, 9.17) is 30.8 Å². The highest BCUT2D eigenvalue weighted by molar-refractivity contribution is 7.07. The maximum atomic E-state index is 14.1. The number of benzene rings is 2. The van der Waals surface area contributed by atoms with Crippen LogP contribution in [-0.2, 0) is 9.53 Å². The first-order chi connectivity index (χ1) is 19.9. The van der Waals surface area contributed by atoms with Gasteiger partial charge in [-0.15, -0.1) is 0 Å². The minimum atomic E-state index is -0.808. The number of hydrogen-bond donors (Lipinski definition) is 0. The van der Waals surface area contributed by atoms with Crippen LogP contribution in [0.1, 0.15) is 43.9 Å². The molecular weight excluding hydrogens is 562 g/mol. The number of allylic oxidation sites excluding steroid dienone is 1. The third-order valence-corrected chi connectivity index (χ3v) is 8.00. The van der Waals surface area contributed by atoms with Crippen molar-refractivity contribution in [2.75, 3.05) is 20.8 Å². The van der Waals surface area contributed by atoms with E-state index in [1.54, 1.807) is 43.9 Å². The Balaban J connectivity index is 1.72. The van der Waals surface area contributed by atoms with E-state index in [2.05, 4.69) is 0 Å². The summed E-state index contributed by atoms with van der Waals surface area (Å²) in [6, 6.07) is 14.0. The van der Waals surface area contributed by atoms with Gasteiger partial charge < -0.3 is 18.8 Å². The topological polar surface area (TPSA) is 84.0 Å². The van der Waals surface area contributed by atoms with E-state index >= 15 is 0 Å². The van der Waals surface area contributed by atoms with Crippen molar-refractivity contribution < 1.29 is 19.0 Å². The molecular formula is C31H30ClN3O5S. The lowest BCUT2D eigenvalue weighted by atomic mass is 9.93. The molecule has 0 spiro atoms. The van der Waals surface area contributed by atoms with Gasteiger partial charge in [0, 0.05) is 28.7 Å². The Morgan fingerprint density at radius 3 is 2.56 bits per heavy atom. The minimum absolute atomic E-state index is 0.193. The van der Waals surface area contributed by atoms with Gasteiger partial charge in [-0.3, -0.25) is 9.36 Å². The number of hydrogen-bond acceptors (Lipinski definition) is 7. The quantitative estimate of drug-likeness (QED) is 0.255. The molecule has 0 N–H and O–H groups in total. The molecule has 1 atom stereocenters. The van der Waals surface area contributed by atoms with Crippen LogP contribution < -0.4 is 24.4 Å². The van der Waals surface area contributed by atoms with Crippen LogP contribution in [0.3, 0.4) is 0 Å². The first kappa shape index (κ1) is 28.4. The summed E-state index contributed by atoms with van der Waals surface area (Å²) in [7, 11) is 3.12. The third-order valence-electron chi connectivity index (χ3n) is 6.76. The second-order valence-electron chi connectivity index (χ2n) is 9.35. The van der Waals surface area contributed by atoms with Crippen molar-refractivity contribution in [3.8, 4) is 17.2 Å². The molecule has 4 aromatic rings. The number of nitrogens with zero attached hydrogens (tertiary/aromatic N) is 3. The second kappa shape index (κ2) is 12.2. The molecule has 2 aromatic carbocycles. The van der Waals surface area contributed by atoms with E-state index in [1.807, 2.05) is 60.3 Å². The second-order valence-corrected chi connectivity index (χ2v) is 10.8. The summed E-state index contributed by atoms with van der Waals surface area (Å²) >= 11 is 7.33. The normalized spacial score (nSPS) is 15.0. The Hall–Kier alpha value is -4.08. The third kappa shape index (κ3) is 5.60. The Labute approximate surface area is 246 Å². The largest absolute Gasteiger partial charge is 0.497 e. The van der Waals surface area contributed by atoms with Crippen molar-refractivity contribution in [3.05, 3.63) is 108 Å². The standard InChI is InChI=1S/C31H30ClN3O5S/c1-5-7-24-27(30(37)40-6-2)28(23-17-22(38-3)12-13-25(23)39-4)35-29(36)26(41-31(35)33-24)16-19-14-15-34(18-19)21-10-8-20(32)9-11-21/h8-18,28H,5-7H2,1-4H3/b26-16-/t28-/m1/s1. The summed E-state index contributed by atoms with van der Waals surface area (Å²) < 4.78 is 20.7. The molecule has 0 fully saturated rings. The molecule has 212 valence electrons. The zero-order valence-corrected chi connectivity index (χ0v) is 24.8. The highest BCUT2D eigenvalue weighted by Gasteiger charge is 2.36. The van der Waals surface area contributed by atoms with Gasteiger partial charge in [0.2, 0.25) is 0 Å². The van der Waals surface area contributed by atoms with Crippen LogP contribution in [0.2, 0.25) is 5.02 Å². The number of thiazole rings is 1. The highest BCUT2D eigenvalue weighted by atomic mass is 35.5. The van der Waals surface area contributed by atoms with Crippen molar-refractivity contribution in [1.82, 2.24) is 9.13 Å². The summed E-state index contributed by atoms with van der Waals surface area (Å²) in [5, 5.41) is 0.661. The van der Waals surface area contributed by atoms with Crippen LogP contribution in [0, 0.1) is 0 Å². The molecule has 0 saturated carbocycles. The van der Waals surface area contributed by atoms with Crippen LogP contribution in [0.5, 0.6) is 11.5 Å². The zero-order valence-electron chi connectivity index (χ0n) is 23.2. The predicted molar refractivity (Wildman–Crippen MR) is 160 cm³/mol. The fourth-order valence-corrected chi connectivity index (χ4v) is 6.04. The van der Waals surface area contributed by atoms with Crippen molar-refractivity contribution in [2.24, 2.45) is 4.99 Å². The maximum absolute atomic E-state index is 14.1. The van der Waals surface area contributed by atoms with Gasteiger partial charge in [-0.1, -0.05) is 36.3 Å². The average molecular weight is 592 g/mol. The molecule has 3 heterocycles. The van der Waals surface area contributed by atoms with Gasteiger partial charge in [0.05, 0.1) is 36.6 Å². The SMILES string of the molecule is CCCC1=C(C(=O)OCC)[C@@H](c2cc(OC)ccc2OC)n2c(s/c(=C\c3ccn(-c4ccc(Cl)cc4)c3)c2=O)=N1. The molecule has 0 unspecified atom stereocenters. The Morgan fingerprint density at radius 1 is 1.10 bits per heavy atom. The molecule has 2 aromatic heterocycles. The van der Waals surface area contributed by atoms with Crippen molar-refractivity contribution >= 4 is 35.0 Å². The van der Waals surface area contributed by atoms with Crippen molar-refractivity contribution in [3.63, 3.8) is 0 Å². The number of ether oxygens (including phenoxy) is 3. The summed E-state index contributed by atoms with van der Waals surface area (Å²) in [6.45, 7) is 3.97. The molecule has 0 radical (unpaired) electrons. The molecule has 1 aliphatic heterocycles. The summed E-state index contributed by atoms with van der Waals surface area (Å²) in [4.78, 5) is 32.9. The van der Waals surface area contributed by atoms with E-state index in [0.717, 1.165) is 17.7 Å². The maximum Gasteiger partial charge on any atom is 0.338 e. The van der Waals surface area contributed by atoms with Gasteiger partial charge in [-0.25, -0.2) is 9.79 Å². The smallest absolute Gasteiger partial charge is 0.338 e. The fraction of sp³-hybridized carbons (Fsp3) is 0.258. The molecule has 0 saturated heterocycles. The van der Waals surface area contributed by atoms with Crippen LogP contribution in [-0.4, -0.2) is 35.9 Å². The van der Waals surface area contributed by atoms with Crippen LogP contribution in [0.25, 0.3) is 11.8 Å². The van der Waals surface area contributed by atoms with Crippen LogP contribution in [0.15, 0.2) is 82.0 Å². The molecule has 5 rings (SSSR count). The van der Waals surface area contributed by atoms with Crippen molar-refractivity contribution in [1.29, 1.82) is 0 Å². The first-order valence-electron chi connectivity index (χ1n) is 13.3. The highest BCUT2D eigenvalue weighted by Crippen LogP contribution is 2.38. The number of aromatic nitrogens is 2. The Morgan fingerprint density at radius 2 is 1.88 bits per heavy atom. The number of halogens is 1. The molecule has 41 heavy (non-hydrogen) atoms. The zero-order chi connectivity index (χ0) is 29.1. The van der Waals surface area contributed by atoms with E-state index in [9.17, 15) is 9.59 Å². The minimum Gasteiger partial charge on any atom is -0.497 e. The Bertz CT molecular complexity index is 1800. The van der Waals surface area contributed by atoms with E-state index < -0.39 is 12.0 Å². The van der Waals surface area contributed by atoms with E-state index in [0.29, 0.717) is 49.1 Å². The number of esters is 1. The molecule has 8 nitrogen and oxygen atoms in total. The van der Waals surface area contributed by atoms with Gasteiger partial charge >= 0.3 is 5.97 Å². The lowest BCUT2D eigenvalue weighted by Gasteiger charge is -2.27. The summed E-state index contributed by atoms with van der Waals surface area (Å²) in [5.41, 5.74) is 3.07. The first-order valence-corrected chi connectivity index (χ1v) is 14.5. The number of rotatable bonds is 9. The van der Waals surface area contributed by atoms with E-state index in [1.165, 1.54) is 11.3 Å². The predicted octanol–water partition coefficient (Wildman–Crippen LogP) is 5.04. The lowest BCUT2D eigenvalue weighted by molar-refractivity contribution is -0.139. The van der Waals surface area contributed by atoms with Gasteiger partial charge in [0.15, 0.2) is 4.80 Å². The number of carbonyl (C=O) groups excluding carboxylic acids is 1. The number of carbonyl (C=O) groups is 1. The van der Waals surface area contributed by atoms with Gasteiger partial charge in [0.25, 0.3) is 5.56 Å². The number of fused-ring (bicyclic) bond motifs is 1. The molecule has 10 heteroatoms. The van der Waals surface area contributed by atoms with Crippen LogP contribution >= 0.6 is 22.9 Å². The lowest BCUT2D eigenvalue weighted by Crippen LogP contribution is -2.40. The van der Waals surface area contributed by atoms with Gasteiger partial charge in [-0.2, -0.15) is 0 Å². The number of methoxy groups -OCH3 is 2. The molecule has 0 amide bonds.